The molecule has 0 aliphatic carbocycles. The van der Waals surface area contributed by atoms with Crippen LogP contribution in [0.3, 0.4) is 0 Å². The van der Waals surface area contributed by atoms with E-state index in [0.717, 1.165) is 0 Å². The molecule has 15 heteroatoms. The molecule has 0 heterocycles. The summed E-state index contributed by atoms with van der Waals surface area (Å²) >= 11 is 0. The Morgan fingerprint density at radius 1 is 0.688 bits per heavy atom. The first-order chi connectivity index (χ1) is 13.6. The van der Waals surface area contributed by atoms with Crippen LogP contribution in [0.15, 0.2) is 0 Å². The van der Waals surface area contributed by atoms with E-state index in [-0.39, 0.29) is 10.5 Å². The van der Waals surface area contributed by atoms with Crippen molar-refractivity contribution in [3.05, 3.63) is 5.54 Å². The molecule has 0 aromatic heterocycles. The van der Waals surface area contributed by atoms with Crippen molar-refractivity contribution in [2.75, 3.05) is 0 Å². The summed E-state index contributed by atoms with van der Waals surface area (Å²) in [6.45, 7) is 13.2. The van der Waals surface area contributed by atoms with E-state index in [2.05, 4.69) is 0 Å². The minimum absolute atomic E-state index is 0.306. The van der Waals surface area contributed by atoms with E-state index in [1.165, 1.54) is 20.8 Å². The summed E-state index contributed by atoms with van der Waals surface area (Å²) in [5.74, 6) is -23.9. The SMILES string of the molecule is CC(C)(C)C[C](C(F)(F)C(F)(F)C(F)(F)C(C)(F)F)[Si](O[SiH3])(O[Si](C)(C)C)O[Si](C)(C)C. The van der Waals surface area contributed by atoms with Crippen molar-refractivity contribution in [3.63, 3.8) is 0 Å². The van der Waals surface area contributed by atoms with Gasteiger partial charge in [-0.05, 0) is 51.1 Å². The van der Waals surface area contributed by atoms with Crippen LogP contribution >= 0.6 is 0 Å². The van der Waals surface area contributed by atoms with Crippen molar-refractivity contribution in [1.29, 1.82) is 0 Å². The van der Waals surface area contributed by atoms with Crippen LogP contribution in [0.4, 0.5) is 35.1 Å². The van der Waals surface area contributed by atoms with Crippen LogP contribution in [0, 0.1) is 11.0 Å². The lowest BCUT2D eigenvalue weighted by Gasteiger charge is -2.48. The van der Waals surface area contributed by atoms with Crippen molar-refractivity contribution in [3.8, 4) is 0 Å². The number of hydrogen-bond acceptors (Lipinski definition) is 3. The van der Waals surface area contributed by atoms with E-state index >= 15 is 8.78 Å². The molecule has 32 heavy (non-hydrogen) atoms. The molecule has 3 nitrogen and oxygen atoms in total. The zero-order chi connectivity index (χ0) is 26.4. The molecule has 0 bridgehead atoms. The molecule has 1 radical (unpaired) electrons. The van der Waals surface area contributed by atoms with Crippen molar-refractivity contribution in [2.24, 2.45) is 5.41 Å². The van der Waals surface area contributed by atoms with E-state index in [0.29, 0.717) is 0 Å². The quantitative estimate of drug-likeness (QED) is 0.232. The molecule has 0 atom stereocenters. The van der Waals surface area contributed by atoms with E-state index < -0.39 is 73.4 Å². The van der Waals surface area contributed by atoms with Gasteiger partial charge in [0.25, 0.3) is 0 Å². The lowest BCUT2D eigenvalue weighted by Crippen LogP contribution is -2.71. The summed E-state index contributed by atoms with van der Waals surface area (Å²) in [6.07, 6.45) is -0.857. The van der Waals surface area contributed by atoms with Crippen LogP contribution in [0.2, 0.25) is 39.3 Å². The van der Waals surface area contributed by atoms with E-state index in [4.69, 9.17) is 12.3 Å². The fourth-order valence-corrected chi connectivity index (χ4v) is 15.2. The van der Waals surface area contributed by atoms with Crippen LogP contribution in [-0.4, -0.2) is 59.6 Å². The van der Waals surface area contributed by atoms with Crippen molar-refractivity contribution in [1.82, 2.24) is 0 Å². The van der Waals surface area contributed by atoms with Crippen LogP contribution in [0.1, 0.15) is 34.1 Å². The average molecular weight is 552 g/mol. The standard InChI is InChI=1S/C17H35F8O3Si4/c1-13(2,3)11-12(15(20,21)17(24,25)16(22,23)14(4,18)19)32(26-29,27-30(5,6)7)28-31(8,9)10/h11H2,1-10,29H3. The Morgan fingerprint density at radius 3 is 1.25 bits per heavy atom. The molecule has 0 fully saturated rings. The number of hydrogen-bond donors (Lipinski definition) is 0. The van der Waals surface area contributed by atoms with Crippen LogP contribution in [-0.2, 0) is 12.3 Å². The van der Waals surface area contributed by atoms with E-state index in [1.54, 1.807) is 39.3 Å². The zero-order valence-electron chi connectivity index (χ0n) is 20.5. The van der Waals surface area contributed by atoms with Gasteiger partial charge in [-0.25, -0.2) is 0 Å². The predicted molar refractivity (Wildman–Crippen MR) is 118 cm³/mol. The molecule has 0 saturated carbocycles. The largest absolute Gasteiger partial charge is 0.482 e. The molecule has 0 N–H and O–H groups in total. The molecule has 0 aliphatic rings. The normalized spacial score (nSPS) is 16.2. The van der Waals surface area contributed by atoms with Gasteiger partial charge in [-0.3, -0.25) is 0 Å². The van der Waals surface area contributed by atoms with Crippen molar-refractivity contribution < 1.29 is 47.5 Å². The van der Waals surface area contributed by atoms with Gasteiger partial charge in [-0.2, -0.15) is 35.1 Å². The molecule has 0 amide bonds. The van der Waals surface area contributed by atoms with Gasteiger partial charge in [-0.15, -0.1) is 0 Å². The molecular formula is C17H35F8O3Si4. The minimum Gasteiger partial charge on any atom is -0.425 e. The van der Waals surface area contributed by atoms with Gasteiger partial charge in [0.1, 0.15) is 16.0 Å². The van der Waals surface area contributed by atoms with Crippen molar-refractivity contribution >= 4 is 35.9 Å². The monoisotopic (exact) mass is 551 g/mol. The summed E-state index contributed by atoms with van der Waals surface area (Å²) in [5, 5.41) is 0. The average Bonchev–Trinajstić information content (AvgIpc) is 2.46. The second kappa shape index (κ2) is 9.33. The first-order valence-corrected chi connectivity index (χ1v) is 19.3. The molecule has 0 aliphatic heterocycles. The maximum Gasteiger partial charge on any atom is 0.482 e. The zero-order valence-corrected chi connectivity index (χ0v) is 25.5. The Kier molecular flexibility index (Phi) is 9.39. The fraction of sp³-hybridized carbons (Fsp3) is 0.941. The summed E-state index contributed by atoms with van der Waals surface area (Å²) in [4.78, 5) is 0. The molecule has 0 rings (SSSR count). The lowest BCUT2D eigenvalue weighted by atomic mass is 9.85. The minimum atomic E-state index is -6.44. The highest BCUT2D eigenvalue weighted by molar-refractivity contribution is 6.89. The maximum atomic E-state index is 15.5. The van der Waals surface area contributed by atoms with Gasteiger partial charge in [0.2, 0.25) is 0 Å². The first kappa shape index (κ1) is 32.2. The molecule has 0 aromatic rings. The molecule has 0 saturated heterocycles. The highest BCUT2D eigenvalue weighted by Gasteiger charge is 2.83. The van der Waals surface area contributed by atoms with Gasteiger partial charge >= 0.3 is 32.5 Å². The highest BCUT2D eigenvalue weighted by atomic mass is 28.5. The molecule has 193 valence electrons. The van der Waals surface area contributed by atoms with Gasteiger partial charge in [-0.1, -0.05) is 20.8 Å². The fourth-order valence-electron chi connectivity index (χ4n) is 2.76. The van der Waals surface area contributed by atoms with Crippen LogP contribution in [0.25, 0.3) is 0 Å². The summed E-state index contributed by atoms with van der Waals surface area (Å²) < 4.78 is 133. The van der Waals surface area contributed by atoms with Crippen LogP contribution in [0.5, 0.6) is 0 Å². The summed E-state index contributed by atoms with van der Waals surface area (Å²) in [5.41, 5.74) is -2.63. The van der Waals surface area contributed by atoms with Crippen molar-refractivity contribution in [2.45, 2.75) is 97.1 Å². The topological polar surface area (TPSA) is 27.7 Å². The Hall–Kier alpha value is 0.188. The van der Waals surface area contributed by atoms with E-state index in [9.17, 15) is 26.3 Å². The smallest absolute Gasteiger partial charge is 0.425 e. The lowest BCUT2D eigenvalue weighted by molar-refractivity contribution is -0.357. The van der Waals surface area contributed by atoms with Gasteiger partial charge < -0.3 is 12.3 Å². The molecule has 0 spiro atoms. The summed E-state index contributed by atoms with van der Waals surface area (Å²) in [6, 6.07) is 0. The third-order valence-corrected chi connectivity index (χ3v) is 14.4. The molecular weight excluding hydrogens is 517 g/mol. The second-order valence-electron chi connectivity index (χ2n) is 11.0. The molecule has 0 unspecified atom stereocenters. The van der Waals surface area contributed by atoms with Gasteiger partial charge in [0, 0.05) is 6.92 Å². The number of rotatable bonds is 11. The number of alkyl halides is 8. The van der Waals surface area contributed by atoms with Crippen LogP contribution < -0.4 is 0 Å². The number of halogens is 8. The third kappa shape index (κ3) is 7.34. The van der Waals surface area contributed by atoms with Gasteiger partial charge in [0.15, 0.2) is 16.6 Å². The highest BCUT2D eigenvalue weighted by Crippen LogP contribution is 2.58. The Morgan fingerprint density at radius 2 is 1.03 bits per heavy atom. The van der Waals surface area contributed by atoms with Gasteiger partial charge in [0.05, 0.1) is 0 Å². The third-order valence-electron chi connectivity index (χ3n) is 3.95. The Bertz CT molecular complexity index is 622. The molecule has 0 aromatic carbocycles. The first-order valence-electron chi connectivity index (χ1n) is 9.90. The second-order valence-corrected chi connectivity index (χ2v) is 24.4. The Labute approximate surface area is 191 Å². The maximum absolute atomic E-state index is 15.5. The van der Waals surface area contributed by atoms with E-state index in [1.807, 2.05) is 0 Å². The predicted octanol–water partition coefficient (Wildman–Crippen LogP) is 6.04. The summed E-state index contributed by atoms with van der Waals surface area (Å²) in [7, 11) is -10.9. The Balaban J connectivity index is 7.19.